The number of fused-ring (bicyclic) bond motifs is 1. The number of aryl methyl sites for hydroxylation is 2. The van der Waals surface area contributed by atoms with Crippen LogP contribution in [0.3, 0.4) is 0 Å². The maximum atomic E-state index is 11.2. The molecular weight excluding hydrogens is 389 g/mol. The highest BCUT2D eigenvalue weighted by atomic mass is 35.5. The van der Waals surface area contributed by atoms with Crippen LogP contribution < -0.4 is 11.1 Å². The molecule has 3 N–H and O–H groups in total. The number of nitrogens with one attached hydrogen (secondary N) is 1. The van der Waals surface area contributed by atoms with Gasteiger partial charge in [0.25, 0.3) is 0 Å². The second-order valence-electron chi connectivity index (χ2n) is 7.13. The van der Waals surface area contributed by atoms with E-state index >= 15 is 0 Å². The van der Waals surface area contributed by atoms with Gasteiger partial charge in [0.1, 0.15) is 11.9 Å². The second kappa shape index (κ2) is 11.7. The number of esters is 1. The molecule has 2 aliphatic rings. The molecule has 1 aromatic heterocycles. The van der Waals surface area contributed by atoms with Gasteiger partial charge in [0.15, 0.2) is 0 Å². The summed E-state index contributed by atoms with van der Waals surface area (Å²) in [5.74, 6) is 1.42. The molecule has 1 fully saturated rings. The van der Waals surface area contributed by atoms with Crippen molar-refractivity contribution in [3.63, 3.8) is 0 Å². The highest BCUT2D eigenvalue weighted by Crippen LogP contribution is 2.34. The zero-order chi connectivity index (χ0) is 17.6. The molecule has 1 unspecified atom stereocenters. The molecule has 0 radical (unpaired) electrons. The SMILES string of the molecule is COC(=O)C(N)CCOC1CC(CCc2ccc3c(n2)NCCC3)C1.Cl.Cl. The fourth-order valence-electron chi connectivity index (χ4n) is 3.54. The maximum Gasteiger partial charge on any atom is 0.322 e. The zero-order valence-electron chi connectivity index (χ0n) is 15.8. The van der Waals surface area contributed by atoms with Gasteiger partial charge in [-0.05, 0) is 62.5 Å². The Morgan fingerprint density at radius 3 is 2.89 bits per heavy atom. The highest BCUT2D eigenvalue weighted by Gasteiger charge is 2.29. The lowest BCUT2D eigenvalue weighted by atomic mass is 9.79. The van der Waals surface area contributed by atoms with Gasteiger partial charge in [-0.2, -0.15) is 0 Å². The smallest absolute Gasteiger partial charge is 0.322 e. The molecule has 1 aliphatic heterocycles. The van der Waals surface area contributed by atoms with E-state index in [0.717, 1.165) is 44.5 Å². The summed E-state index contributed by atoms with van der Waals surface area (Å²) < 4.78 is 10.4. The lowest BCUT2D eigenvalue weighted by Crippen LogP contribution is -2.36. The number of rotatable bonds is 8. The summed E-state index contributed by atoms with van der Waals surface area (Å²) in [6.07, 6.45) is 7.53. The highest BCUT2D eigenvalue weighted by molar-refractivity contribution is 5.85. The molecule has 8 heteroatoms. The molecule has 0 saturated heterocycles. The van der Waals surface area contributed by atoms with E-state index in [-0.39, 0.29) is 30.8 Å². The van der Waals surface area contributed by atoms with E-state index in [0.29, 0.717) is 25.0 Å². The van der Waals surface area contributed by atoms with E-state index in [1.165, 1.54) is 24.8 Å². The number of hydrogen-bond donors (Lipinski definition) is 2. The van der Waals surface area contributed by atoms with Crippen LogP contribution in [0.25, 0.3) is 0 Å². The third-order valence-corrected chi connectivity index (χ3v) is 5.24. The Kier molecular flexibility index (Phi) is 10.4. The topological polar surface area (TPSA) is 86.5 Å². The molecule has 1 saturated carbocycles. The molecular formula is C19H31Cl2N3O3. The van der Waals surface area contributed by atoms with Crippen LogP contribution in [0, 0.1) is 5.92 Å². The van der Waals surface area contributed by atoms with E-state index in [1.807, 2.05) is 0 Å². The molecule has 3 rings (SSSR count). The van der Waals surface area contributed by atoms with Crippen LogP contribution >= 0.6 is 24.8 Å². The van der Waals surface area contributed by atoms with Crippen molar-refractivity contribution < 1.29 is 14.3 Å². The first kappa shape index (κ1) is 24.0. The van der Waals surface area contributed by atoms with E-state index < -0.39 is 6.04 Å². The summed E-state index contributed by atoms with van der Waals surface area (Å²) >= 11 is 0. The number of nitrogens with two attached hydrogens (primary N) is 1. The summed E-state index contributed by atoms with van der Waals surface area (Å²) in [5, 5.41) is 3.40. The van der Waals surface area contributed by atoms with Gasteiger partial charge in [-0.25, -0.2) is 4.98 Å². The number of pyridine rings is 1. The van der Waals surface area contributed by atoms with Crippen LogP contribution in [-0.4, -0.2) is 43.4 Å². The van der Waals surface area contributed by atoms with E-state index in [2.05, 4.69) is 22.2 Å². The Bertz CT molecular complexity index is 598. The maximum absolute atomic E-state index is 11.2. The van der Waals surface area contributed by atoms with Crippen LogP contribution in [0.1, 0.15) is 43.4 Å². The summed E-state index contributed by atoms with van der Waals surface area (Å²) in [6, 6.07) is 3.82. The van der Waals surface area contributed by atoms with Crippen LogP contribution in [0.4, 0.5) is 5.82 Å². The minimum atomic E-state index is -0.579. The molecule has 0 amide bonds. The Morgan fingerprint density at radius 2 is 2.15 bits per heavy atom. The number of carbonyl (C=O) groups is 1. The molecule has 0 aromatic carbocycles. The van der Waals surface area contributed by atoms with Crippen molar-refractivity contribution in [1.29, 1.82) is 0 Å². The monoisotopic (exact) mass is 419 g/mol. The Balaban J connectivity index is 0.00000182. The van der Waals surface area contributed by atoms with E-state index in [9.17, 15) is 4.79 Å². The molecule has 27 heavy (non-hydrogen) atoms. The molecule has 1 aliphatic carbocycles. The average Bonchev–Trinajstić information content (AvgIpc) is 2.61. The van der Waals surface area contributed by atoms with Gasteiger partial charge in [0, 0.05) is 18.8 Å². The summed E-state index contributed by atoms with van der Waals surface area (Å²) in [5.41, 5.74) is 8.22. The lowest BCUT2D eigenvalue weighted by Gasteiger charge is -2.35. The molecule has 1 aromatic rings. The van der Waals surface area contributed by atoms with Crippen LogP contribution in [-0.2, 0) is 27.1 Å². The second-order valence-corrected chi connectivity index (χ2v) is 7.13. The standard InChI is InChI=1S/C19H29N3O3.2ClH/c1-24-19(23)17(20)8-10-25-16-11-13(12-16)4-6-15-7-5-14-3-2-9-21-18(14)22-15;;/h5,7,13,16-17H,2-4,6,8-12,20H2,1H3,(H,21,22);2*1H. The third kappa shape index (κ3) is 6.79. The van der Waals surface area contributed by atoms with Crippen molar-refractivity contribution in [3.05, 3.63) is 23.4 Å². The Labute approximate surface area is 173 Å². The van der Waals surface area contributed by atoms with Crippen LogP contribution in [0.15, 0.2) is 12.1 Å². The van der Waals surface area contributed by atoms with Crippen molar-refractivity contribution in [1.82, 2.24) is 4.98 Å². The van der Waals surface area contributed by atoms with Gasteiger partial charge in [-0.15, -0.1) is 24.8 Å². The number of carbonyl (C=O) groups excluding carboxylic acids is 1. The van der Waals surface area contributed by atoms with Crippen molar-refractivity contribution >= 4 is 36.6 Å². The first-order valence-corrected chi connectivity index (χ1v) is 9.33. The number of hydrogen-bond acceptors (Lipinski definition) is 6. The van der Waals surface area contributed by atoms with Gasteiger partial charge in [0.05, 0.1) is 13.2 Å². The van der Waals surface area contributed by atoms with Crippen molar-refractivity contribution in [3.8, 4) is 0 Å². The molecule has 0 bridgehead atoms. The minimum absolute atomic E-state index is 0. The first-order chi connectivity index (χ1) is 12.2. The van der Waals surface area contributed by atoms with Gasteiger partial charge < -0.3 is 20.5 Å². The Hall–Kier alpha value is -1.08. The normalized spacial score (nSPS) is 21.4. The fourth-order valence-corrected chi connectivity index (χ4v) is 3.54. The van der Waals surface area contributed by atoms with Gasteiger partial charge >= 0.3 is 5.97 Å². The largest absolute Gasteiger partial charge is 0.468 e. The quantitative estimate of drug-likeness (QED) is 0.629. The predicted molar refractivity (Wildman–Crippen MR) is 111 cm³/mol. The van der Waals surface area contributed by atoms with Crippen molar-refractivity contribution in [2.45, 2.75) is 57.1 Å². The number of ether oxygens (including phenoxy) is 2. The number of methoxy groups -OCH3 is 1. The number of halogens is 2. The van der Waals surface area contributed by atoms with Gasteiger partial charge in [0.2, 0.25) is 0 Å². The summed E-state index contributed by atoms with van der Waals surface area (Å²) in [6.45, 7) is 1.55. The molecule has 154 valence electrons. The van der Waals surface area contributed by atoms with Crippen LogP contribution in [0.2, 0.25) is 0 Å². The van der Waals surface area contributed by atoms with E-state index in [1.54, 1.807) is 0 Å². The average molecular weight is 420 g/mol. The molecule has 6 nitrogen and oxygen atoms in total. The zero-order valence-corrected chi connectivity index (χ0v) is 17.4. The number of anilines is 1. The molecule has 2 heterocycles. The first-order valence-electron chi connectivity index (χ1n) is 9.33. The minimum Gasteiger partial charge on any atom is -0.468 e. The molecule has 1 atom stereocenters. The number of nitrogens with zero attached hydrogens (tertiary/aromatic N) is 1. The summed E-state index contributed by atoms with van der Waals surface area (Å²) in [4.78, 5) is 16.0. The van der Waals surface area contributed by atoms with Gasteiger partial charge in [-0.3, -0.25) is 4.79 Å². The fraction of sp³-hybridized carbons (Fsp3) is 0.684. The third-order valence-electron chi connectivity index (χ3n) is 5.24. The van der Waals surface area contributed by atoms with Crippen molar-refractivity contribution in [2.24, 2.45) is 11.7 Å². The lowest BCUT2D eigenvalue weighted by molar-refractivity contribution is -0.143. The molecule has 0 spiro atoms. The number of aromatic nitrogens is 1. The van der Waals surface area contributed by atoms with E-state index in [4.69, 9.17) is 15.5 Å². The van der Waals surface area contributed by atoms with Crippen LogP contribution in [0.5, 0.6) is 0 Å². The Morgan fingerprint density at radius 1 is 1.37 bits per heavy atom. The van der Waals surface area contributed by atoms with Gasteiger partial charge in [-0.1, -0.05) is 6.07 Å². The summed E-state index contributed by atoms with van der Waals surface area (Å²) in [7, 11) is 1.35. The van der Waals surface area contributed by atoms with Crippen molar-refractivity contribution in [2.75, 3.05) is 25.6 Å². The predicted octanol–water partition coefficient (Wildman–Crippen LogP) is 2.90.